The molecule has 25 heavy (non-hydrogen) atoms. The van der Waals surface area contributed by atoms with Gasteiger partial charge >= 0.3 is 12.1 Å². The average molecular weight is 351 g/mol. The summed E-state index contributed by atoms with van der Waals surface area (Å²) in [4.78, 5) is 13.2. The van der Waals surface area contributed by atoms with E-state index >= 15 is 0 Å². The lowest BCUT2D eigenvalue weighted by Crippen LogP contribution is -2.48. The molecule has 0 aliphatic carbocycles. The van der Waals surface area contributed by atoms with E-state index in [1.165, 1.54) is 25.3 Å². The van der Waals surface area contributed by atoms with Crippen molar-refractivity contribution >= 4 is 11.8 Å². The fourth-order valence-corrected chi connectivity index (χ4v) is 2.88. The predicted molar refractivity (Wildman–Crippen MR) is 84.2 cm³/mol. The number of methoxy groups -OCH3 is 1. The van der Waals surface area contributed by atoms with Crippen molar-refractivity contribution in [2.75, 3.05) is 25.1 Å². The van der Waals surface area contributed by atoms with Gasteiger partial charge in [-0.25, -0.2) is 4.79 Å². The third-order valence-corrected chi connectivity index (χ3v) is 4.16. The summed E-state index contributed by atoms with van der Waals surface area (Å²) in [6.45, 7) is 1.19. The molecule has 3 rings (SSSR count). The SMILES string of the molecule is COC(=O)c1ccc(N2CC(Cc3ccccc3C(F)(F)F)C2)nn1. The van der Waals surface area contributed by atoms with Crippen LogP contribution in [-0.4, -0.2) is 36.4 Å². The lowest BCUT2D eigenvalue weighted by atomic mass is 9.90. The summed E-state index contributed by atoms with van der Waals surface area (Å²) in [5, 5.41) is 7.76. The number of carbonyl (C=O) groups excluding carboxylic acids is 1. The molecule has 0 atom stereocenters. The molecule has 1 saturated heterocycles. The summed E-state index contributed by atoms with van der Waals surface area (Å²) in [5.41, 5.74) is -0.148. The number of hydrogen-bond donors (Lipinski definition) is 0. The number of benzene rings is 1. The van der Waals surface area contributed by atoms with E-state index in [0.717, 1.165) is 6.07 Å². The fraction of sp³-hybridized carbons (Fsp3) is 0.353. The van der Waals surface area contributed by atoms with Crippen molar-refractivity contribution in [1.82, 2.24) is 10.2 Å². The molecule has 2 heterocycles. The molecular weight excluding hydrogens is 335 g/mol. The minimum atomic E-state index is -4.34. The van der Waals surface area contributed by atoms with Gasteiger partial charge in [0.1, 0.15) is 0 Å². The summed E-state index contributed by atoms with van der Waals surface area (Å²) < 4.78 is 43.6. The van der Waals surface area contributed by atoms with E-state index in [9.17, 15) is 18.0 Å². The van der Waals surface area contributed by atoms with Gasteiger partial charge in [0.2, 0.25) is 0 Å². The smallest absolute Gasteiger partial charge is 0.416 e. The van der Waals surface area contributed by atoms with Crippen molar-refractivity contribution in [3.05, 3.63) is 53.2 Å². The number of carbonyl (C=O) groups is 1. The Morgan fingerprint density at radius 2 is 1.92 bits per heavy atom. The molecule has 132 valence electrons. The first-order valence-corrected chi connectivity index (χ1v) is 7.70. The molecule has 1 aliphatic rings. The van der Waals surface area contributed by atoms with Gasteiger partial charge in [0, 0.05) is 13.1 Å². The zero-order valence-corrected chi connectivity index (χ0v) is 13.5. The van der Waals surface area contributed by atoms with Crippen LogP contribution in [0.4, 0.5) is 19.0 Å². The van der Waals surface area contributed by atoms with E-state index < -0.39 is 17.7 Å². The van der Waals surface area contributed by atoms with Gasteiger partial charge in [-0.15, -0.1) is 10.2 Å². The molecule has 0 bridgehead atoms. The predicted octanol–water partition coefficient (Wildman–Crippen LogP) is 2.96. The van der Waals surface area contributed by atoms with E-state index in [0.29, 0.717) is 30.9 Å². The van der Waals surface area contributed by atoms with E-state index in [-0.39, 0.29) is 11.6 Å². The van der Waals surface area contributed by atoms with Crippen LogP contribution in [0.1, 0.15) is 21.6 Å². The second-order valence-electron chi connectivity index (χ2n) is 5.90. The third kappa shape index (κ3) is 3.72. The molecule has 1 fully saturated rings. The molecule has 0 N–H and O–H groups in total. The number of ether oxygens (including phenoxy) is 1. The van der Waals surface area contributed by atoms with Crippen LogP contribution in [0.25, 0.3) is 0 Å². The van der Waals surface area contributed by atoms with E-state index in [1.807, 2.05) is 4.90 Å². The minimum absolute atomic E-state index is 0.113. The lowest BCUT2D eigenvalue weighted by Gasteiger charge is -2.40. The normalized spacial score (nSPS) is 15.0. The van der Waals surface area contributed by atoms with Crippen LogP contribution in [0.3, 0.4) is 0 Å². The number of esters is 1. The maximum absolute atomic E-state index is 13.0. The number of rotatable bonds is 4. The van der Waals surface area contributed by atoms with E-state index in [2.05, 4.69) is 14.9 Å². The van der Waals surface area contributed by atoms with Gasteiger partial charge in [0.25, 0.3) is 0 Å². The van der Waals surface area contributed by atoms with E-state index in [1.54, 1.807) is 12.1 Å². The monoisotopic (exact) mass is 351 g/mol. The molecule has 0 unspecified atom stereocenters. The Labute approximate surface area is 142 Å². The quantitative estimate of drug-likeness (QED) is 0.793. The highest BCUT2D eigenvalue weighted by Crippen LogP contribution is 2.34. The molecule has 0 saturated carbocycles. The Bertz CT molecular complexity index is 756. The van der Waals surface area contributed by atoms with Crippen molar-refractivity contribution in [3.8, 4) is 0 Å². The van der Waals surface area contributed by atoms with Crippen molar-refractivity contribution in [2.45, 2.75) is 12.6 Å². The minimum Gasteiger partial charge on any atom is -0.464 e. The second-order valence-corrected chi connectivity index (χ2v) is 5.90. The lowest BCUT2D eigenvalue weighted by molar-refractivity contribution is -0.138. The first-order chi connectivity index (χ1) is 11.9. The van der Waals surface area contributed by atoms with Crippen LogP contribution < -0.4 is 4.90 Å². The van der Waals surface area contributed by atoms with E-state index in [4.69, 9.17) is 0 Å². The summed E-state index contributed by atoms with van der Waals surface area (Å²) in [6, 6.07) is 8.83. The van der Waals surface area contributed by atoms with Crippen molar-refractivity contribution < 1.29 is 22.7 Å². The zero-order valence-electron chi connectivity index (χ0n) is 13.5. The summed E-state index contributed by atoms with van der Waals surface area (Å²) in [5.74, 6) is 0.142. The van der Waals surface area contributed by atoms with Gasteiger partial charge in [0.05, 0.1) is 12.7 Å². The number of nitrogens with zero attached hydrogens (tertiary/aromatic N) is 3. The van der Waals surface area contributed by atoms with Crippen LogP contribution in [-0.2, 0) is 17.3 Å². The Hall–Kier alpha value is -2.64. The highest BCUT2D eigenvalue weighted by atomic mass is 19.4. The molecule has 1 aromatic carbocycles. The van der Waals surface area contributed by atoms with Gasteiger partial charge in [-0.2, -0.15) is 13.2 Å². The maximum atomic E-state index is 13.0. The molecule has 1 aromatic heterocycles. The fourth-order valence-electron chi connectivity index (χ4n) is 2.88. The standard InChI is InChI=1S/C17H16F3N3O2/c1-25-16(24)14-6-7-15(22-21-14)23-9-11(10-23)8-12-4-2-3-5-13(12)17(18,19)20/h2-7,11H,8-10H2,1H3. The number of alkyl halides is 3. The van der Waals surface area contributed by atoms with Crippen LogP contribution >= 0.6 is 0 Å². The molecule has 0 amide bonds. The Kier molecular flexibility index (Phi) is 4.61. The number of hydrogen-bond acceptors (Lipinski definition) is 5. The molecule has 2 aromatic rings. The molecular formula is C17H16F3N3O2. The molecule has 0 radical (unpaired) electrons. The highest BCUT2D eigenvalue weighted by Gasteiger charge is 2.35. The molecule has 1 aliphatic heterocycles. The summed E-state index contributed by atoms with van der Waals surface area (Å²) in [7, 11) is 1.26. The van der Waals surface area contributed by atoms with Gasteiger partial charge in [0.15, 0.2) is 11.5 Å². The maximum Gasteiger partial charge on any atom is 0.416 e. The van der Waals surface area contributed by atoms with Crippen molar-refractivity contribution in [3.63, 3.8) is 0 Å². The summed E-state index contributed by atoms with van der Waals surface area (Å²) in [6.07, 6.45) is -3.98. The Morgan fingerprint density at radius 1 is 1.20 bits per heavy atom. The van der Waals surface area contributed by atoms with Crippen molar-refractivity contribution in [1.29, 1.82) is 0 Å². The largest absolute Gasteiger partial charge is 0.464 e. The Balaban J connectivity index is 1.61. The number of halogens is 3. The zero-order chi connectivity index (χ0) is 18.0. The molecule has 5 nitrogen and oxygen atoms in total. The third-order valence-electron chi connectivity index (χ3n) is 4.16. The number of aromatic nitrogens is 2. The second kappa shape index (κ2) is 6.70. The van der Waals surface area contributed by atoms with Gasteiger partial charge in [-0.1, -0.05) is 18.2 Å². The van der Waals surface area contributed by atoms with Gasteiger partial charge < -0.3 is 9.64 Å². The van der Waals surface area contributed by atoms with Crippen molar-refractivity contribution in [2.24, 2.45) is 5.92 Å². The highest BCUT2D eigenvalue weighted by molar-refractivity contribution is 5.87. The number of anilines is 1. The van der Waals surface area contributed by atoms with Gasteiger partial charge in [-0.3, -0.25) is 0 Å². The first-order valence-electron chi connectivity index (χ1n) is 7.70. The summed E-state index contributed by atoms with van der Waals surface area (Å²) >= 11 is 0. The Morgan fingerprint density at radius 3 is 2.52 bits per heavy atom. The van der Waals surface area contributed by atoms with Crippen LogP contribution in [0, 0.1) is 5.92 Å². The van der Waals surface area contributed by atoms with Crippen LogP contribution in [0.5, 0.6) is 0 Å². The average Bonchev–Trinajstić information content (AvgIpc) is 2.57. The first kappa shape index (κ1) is 17.2. The topological polar surface area (TPSA) is 55.3 Å². The van der Waals surface area contributed by atoms with Gasteiger partial charge in [-0.05, 0) is 36.1 Å². The van der Waals surface area contributed by atoms with Crippen LogP contribution in [0.2, 0.25) is 0 Å². The molecule has 0 spiro atoms. The van der Waals surface area contributed by atoms with Crippen LogP contribution in [0.15, 0.2) is 36.4 Å². The molecule has 8 heteroatoms.